The molecule has 18 heavy (non-hydrogen) atoms. The first-order chi connectivity index (χ1) is 8.30. The molecule has 0 spiro atoms. The summed E-state index contributed by atoms with van der Waals surface area (Å²) in [6.45, 7) is 13.5. The molecule has 1 atom stereocenters. The number of rotatable bonds is 6. The largest absolute Gasteiger partial charge is 0.316 e. The van der Waals surface area contributed by atoms with Gasteiger partial charge in [-0.2, -0.15) is 5.10 Å². The minimum atomic E-state index is 0.274. The highest BCUT2D eigenvalue weighted by molar-refractivity contribution is 4.90. The number of hydrogen-bond donors (Lipinski definition) is 1. The lowest BCUT2D eigenvalue weighted by Crippen LogP contribution is -2.35. The molecule has 0 aliphatic rings. The van der Waals surface area contributed by atoms with Crippen molar-refractivity contribution >= 4 is 0 Å². The Labute approximate surface area is 111 Å². The van der Waals surface area contributed by atoms with Crippen molar-refractivity contribution in [3.63, 3.8) is 0 Å². The quantitative estimate of drug-likeness (QED) is 0.844. The van der Waals surface area contributed by atoms with Gasteiger partial charge in [-0.3, -0.25) is 4.68 Å². The van der Waals surface area contributed by atoms with Gasteiger partial charge in [-0.1, -0.05) is 34.6 Å². The van der Waals surface area contributed by atoms with E-state index in [2.05, 4.69) is 50.0 Å². The first-order valence-corrected chi connectivity index (χ1v) is 6.84. The topological polar surface area (TPSA) is 42.7 Å². The minimum absolute atomic E-state index is 0.274. The molecule has 0 radical (unpaired) electrons. The number of aromatic nitrogens is 3. The number of nitrogens with zero attached hydrogens (tertiary/aromatic N) is 3. The van der Waals surface area contributed by atoms with Crippen LogP contribution in [0.15, 0.2) is 6.33 Å². The zero-order valence-corrected chi connectivity index (χ0v) is 12.7. The first kappa shape index (κ1) is 15.2. The van der Waals surface area contributed by atoms with Crippen molar-refractivity contribution in [3.8, 4) is 0 Å². The predicted octanol–water partition coefficient (Wildman–Crippen LogP) is 2.27. The maximum absolute atomic E-state index is 4.34. The van der Waals surface area contributed by atoms with E-state index in [0.29, 0.717) is 11.8 Å². The van der Waals surface area contributed by atoms with Crippen molar-refractivity contribution < 1.29 is 0 Å². The highest BCUT2D eigenvalue weighted by Gasteiger charge is 2.26. The van der Waals surface area contributed by atoms with Gasteiger partial charge in [0.25, 0.3) is 0 Å². The molecule has 0 aromatic carbocycles. The van der Waals surface area contributed by atoms with Crippen LogP contribution >= 0.6 is 0 Å². The summed E-state index contributed by atoms with van der Waals surface area (Å²) >= 11 is 0. The normalized spacial score (nSPS) is 14.2. The Bertz CT molecular complexity index is 349. The van der Waals surface area contributed by atoms with Crippen LogP contribution in [-0.2, 0) is 13.5 Å². The Kier molecular flexibility index (Phi) is 5.32. The van der Waals surface area contributed by atoms with Crippen molar-refractivity contribution in [2.75, 3.05) is 13.1 Å². The molecule has 0 aliphatic heterocycles. The highest BCUT2D eigenvalue weighted by atomic mass is 15.3. The van der Waals surface area contributed by atoms with E-state index in [1.807, 2.05) is 11.7 Å². The van der Waals surface area contributed by atoms with Crippen LogP contribution in [0.2, 0.25) is 0 Å². The Balaban J connectivity index is 2.59. The average molecular weight is 252 g/mol. The lowest BCUT2D eigenvalue weighted by atomic mass is 9.78. The fourth-order valence-electron chi connectivity index (χ4n) is 1.96. The second-order valence-electron chi connectivity index (χ2n) is 6.62. The molecular formula is C14H28N4. The van der Waals surface area contributed by atoms with Crippen molar-refractivity contribution in [1.29, 1.82) is 0 Å². The summed E-state index contributed by atoms with van der Waals surface area (Å²) in [5.41, 5.74) is 0.274. The molecule has 1 heterocycles. The van der Waals surface area contributed by atoms with Crippen molar-refractivity contribution in [1.82, 2.24) is 20.1 Å². The Morgan fingerprint density at radius 3 is 2.39 bits per heavy atom. The van der Waals surface area contributed by atoms with E-state index in [9.17, 15) is 0 Å². The number of nitrogens with one attached hydrogen (secondary N) is 1. The van der Waals surface area contributed by atoms with Crippen molar-refractivity contribution in [3.05, 3.63) is 12.2 Å². The molecule has 0 bridgehead atoms. The maximum Gasteiger partial charge on any atom is 0.138 e. The molecule has 1 aromatic rings. The van der Waals surface area contributed by atoms with E-state index < -0.39 is 0 Å². The second-order valence-corrected chi connectivity index (χ2v) is 6.62. The summed E-state index contributed by atoms with van der Waals surface area (Å²) in [5, 5.41) is 7.71. The Hall–Kier alpha value is -0.900. The molecule has 1 N–H and O–H groups in total. The number of hydrogen-bond acceptors (Lipinski definition) is 3. The summed E-state index contributed by atoms with van der Waals surface area (Å²) in [6.07, 6.45) is 2.61. The molecule has 0 amide bonds. The van der Waals surface area contributed by atoms with Crippen LogP contribution < -0.4 is 5.32 Å². The van der Waals surface area contributed by atoms with Gasteiger partial charge in [0.05, 0.1) is 0 Å². The third-order valence-electron chi connectivity index (χ3n) is 3.40. The monoisotopic (exact) mass is 252 g/mol. The van der Waals surface area contributed by atoms with Gasteiger partial charge in [0.2, 0.25) is 0 Å². The van der Waals surface area contributed by atoms with Gasteiger partial charge in [0.1, 0.15) is 12.2 Å². The van der Waals surface area contributed by atoms with E-state index in [4.69, 9.17) is 0 Å². The summed E-state index contributed by atoms with van der Waals surface area (Å²) < 4.78 is 1.88. The zero-order chi connectivity index (χ0) is 13.8. The smallest absolute Gasteiger partial charge is 0.138 e. The molecule has 0 aliphatic carbocycles. The molecule has 4 nitrogen and oxygen atoms in total. The van der Waals surface area contributed by atoms with Gasteiger partial charge in [-0.15, -0.1) is 0 Å². The van der Waals surface area contributed by atoms with E-state index >= 15 is 0 Å². The third-order valence-corrected chi connectivity index (χ3v) is 3.40. The molecule has 4 heteroatoms. The first-order valence-electron chi connectivity index (χ1n) is 6.84. The van der Waals surface area contributed by atoms with Crippen LogP contribution in [-0.4, -0.2) is 27.9 Å². The Morgan fingerprint density at radius 1 is 1.28 bits per heavy atom. The van der Waals surface area contributed by atoms with Gasteiger partial charge >= 0.3 is 0 Å². The summed E-state index contributed by atoms with van der Waals surface area (Å²) in [5.74, 6) is 2.33. The molecule has 0 fully saturated rings. The summed E-state index contributed by atoms with van der Waals surface area (Å²) in [7, 11) is 1.96. The van der Waals surface area contributed by atoms with E-state index in [1.165, 1.54) is 0 Å². The van der Waals surface area contributed by atoms with Gasteiger partial charge in [-0.05, 0) is 30.3 Å². The lowest BCUT2D eigenvalue weighted by molar-refractivity contribution is 0.224. The Morgan fingerprint density at radius 2 is 1.94 bits per heavy atom. The van der Waals surface area contributed by atoms with Gasteiger partial charge in [-0.25, -0.2) is 4.98 Å². The third kappa shape index (κ3) is 4.77. The average Bonchev–Trinajstić information content (AvgIpc) is 2.61. The summed E-state index contributed by atoms with van der Waals surface area (Å²) in [6, 6.07) is 0. The summed E-state index contributed by atoms with van der Waals surface area (Å²) in [4.78, 5) is 4.34. The van der Waals surface area contributed by atoms with Crippen LogP contribution in [0.3, 0.4) is 0 Å². The SMILES string of the molecule is CC(C)CNCC(Cc1ncnn1C)C(C)(C)C. The van der Waals surface area contributed by atoms with Crippen LogP contribution in [0.5, 0.6) is 0 Å². The van der Waals surface area contributed by atoms with E-state index in [0.717, 1.165) is 25.3 Å². The van der Waals surface area contributed by atoms with Crippen LogP contribution in [0.25, 0.3) is 0 Å². The van der Waals surface area contributed by atoms with Crippen LogP contribution in [0, 0.1) is 17.3 Å². The van der Waals surface area contributed by atoms with E-state index in [1.54, 1.807) is 6.33 Å². The fraction of sp³-hybridized carbons (Fsp3) is 0.857. The van der Waals surface area contributed by atoms with Gasteiger partial charge in [0.15, 0.2) is 0 Å². The standard InChI is InChI=1S/C14H28N4/c1-11(2)8-15-9-12(14(3,4)5)7-13-16-10-17-18(13)6/h10-12,15H,7-9H2,1-6H3. The molecule has 1 rings (SSSR count). The molecular weight excluding hydrogens is 224 g/mol. The van der Waals surface area contributed by atoms with Crippen molar-refractivity contribution in [2.45, 2.75) is 41.0 Å². The molecule has 104 valence electrons. The molecule has 1 unspecified atom stereocenters. The highest BCUT2D eigenvalue weighted by Crippen LogP contribution is 2.28. The maximum atomic E-state index is 4.34. The zero-order valence-electron chi connectivity index (χ0n) is 12.7. The minimum Gasteiger partial charge on any atom is -0.316 e. The van der Waals surface area contributed by atoms with Gasteiger partial charge < -0.3 is 5.32 Å². The van der Waals surface area contributed by atoms with Crippen LogP contribution in [0.1, 0.15) is 40.4 Å². The number of aryl methyl sites for hydroxylation is 1. The second kappa shape index (κ2) is 6.32. The molecule has 0 saturated heterocycles. The van der Waals surface area contributed by atoms with Crippen molar-refractivity contribution in [2.24, 2.45) is 24.3 Å². The van der Waals surface area contributed by atoms with Gasteiger partial charge in [0, 0.05) is 13.5 Å². The van der Waals surface area contributed by atoms with Crippen LogP contribution in [0.4, 0.5) is 0 Å². The lowest BCUT2D eigenvalue weighted by Gasteiger charge is -2.31. The molecule has 0 saturated carbocycles. The fourth-order valence-corrected chi connectivity index (χ4v) is 1.96. The predicted molar refractivity (Wildman–Crippen MR) is 75.4 cm³/mol. The molecule has 1 aromatic heterocycles. The van der Waals surface area contributed by atoms with E-state index in [-0.39, 0.29) is 5.41 Å².